The Labute approximate surface area is 184 Å². The molecular weight excluding hydrogens is 392 g/mol. The summed E-state index contributed by atoms with van der Waals surface area (Å²) in [6.07, 6.45) is 3.55. The van der Waals surface area contributed by atoms with Gasteiger partial charge >= 0.3 is 0 Å². The first-order valence-electron chi connectivity index (χ1n) is 11.0. The number of hydrogen-bond acceptors (Lipinski definition) is 6. The summed E-state index contributed by atoms with van der Waals surface area (Å²) in [4.78, 5) is 18.8. The summed E-state index contributed by atoms with van der Waals surface area (Å²) in [7, 11) is 0. The maximum Gasteiger partial charge on any atom is 0.253 e. The van der Waals surface area contributed by atoms with Crippen LogP contribution in [0, 0.1) is 0 Å². The van der Waals surface area contributed by atoms with E-state index >= 15 is 0 Å². The maximum atomic E-state index is 12.4. The molecule has 2 aromatic rings. The van der Waals surface area contributed by atoms with E-state index in [1.807, 2.05) is 33.8 Å². The lowest BCUT2D eigenvalue weighted by Crippen LogP contribution is -2.44. The highest BCUT2D eigenvalue weighted by Gasteiger charge is 2.22. The molecule has 0 unspecified atom stereocenters. The third-order valence-corrected chi connectivity index (χ3v) is 5.06. The van der Waals surface area contributed by atoms with Crippen molar-refractivity contribution in [1.82, 2.24) is 15.2 Å². The van der Waals surface area contributed by atoms with E-state index in [-0.39, 0.29) is 24.2 Å². The molecule has 2 heterocycles. The van der Waals surface area contributed by atoms with Gasteiger partial charge in [0.05, 0.1) is 17.8 Å². The maximum absolute atomic E-state index is 12.4. The van der Waals surface area contributed by atoms with Gasteiger partial charge in [0.1, 0.15) is 17.3 Å². The van der Waals surface area contributed by atoms with E-state index in [0.717, 1.165) is 44.0 Å². The second-order valence-electron chi connectivity index (χ2n) is 8.64. The number of nitrogens with two attached hydrogens (primary N) is 1. The molecule has 3 N–H and O–H groups in total. The molecule has 0 saturated carbocycles. The van der Waals surface area contributed by atoms with Crippen molar-refractivity contribution >= 4 is 11.7 Å². The van der Waals surface area contributed by atoms with Crippen molar-refractivity contribution in [3.63, 3.8) is 0 Å². The van der Waals surface area contributed by atoms with Gasteiger partial charge in [0.15, 0.2) is 0 Å². The Hall–Kier alpha value is -2.80. The highest BCUT2D eigenvalue weighted by molar-refractivity contribution is 5.94. The topological polar surface area (TPSA) is 89.7 Å². The van der Waals surface area contributed by atoms with Gasteiger partial charge in [-0.05, 0) is 70.4 Å². The number of nitrogen functional groups attached to an aromatic ring is 1. The largest absolute Gasteiger partial charge is 0.491 e. The molecule has 1 aromatic carbocycles. The average Bonchev–Trinajstić information content (AvgIpc) is 2.68. The Bertz CT molecular complexity index is 831. The van der Waals surface area contributed by atoms with E-state index in [1.165, 1.54) is 11.8 Å². The molecule has 1 aromatic heterocycles. The second kappa shape index (κ2) is 10.5. The monoisotopic (exact) mass is 426 g/mol. The molecule has 0 atom stereocenters. The Morgan fingerprint density at radius 3 is 2.23 bits per heavy atom. The number of hydrogen-bond donors (Lipinski definition) is 2. The fourth-order valence-electron chi connectivity index (χ4n) is 3.70. The van der Waals surface area contributed by atoms with Crippen molar-refractivity contribution in [2.24, 2.45) is 0 Å². The van der Waals surface area contributed by atoms with Crippen LogP contribution in [0.4, 0.5) is 5.82 Å². The highest BCUT2D eigenvalue weighted by Crippen LogP contribution is 2.26. The molecule has 1 aliphatic rings. The number of amides is 1. The third kappa shape index (κ3) is 7.14. The van der Waals surface area contributed by atoms with Crippen LogP contribution in [0.3, 0.4) is 0 Å². The van der Waals surface area contributed by atoms with E-state index < -0.39 is 0 Å². The quantitative estimate of drug-likeness (QED) is 0.670. The van der Waals surface area contributed by atoms with Crippen LogP contribution in [-0.2, 0) is 6.54 Å². The fraction of sp³-hybridized carbons (Fsp3) is 0.500. The number of nitrogens with zero attached hydrogens (tertiary/aromatic N) is 2. The molecule has 3 rings (SSSR count). The number of benzene rings is 1. The van der Waals surface area contributed by atoms with E-state index in [1.54, 1.807) is 12.1 Å². The van der Waals surface area contributed by atoms with E-state index in [4.69, 9.17) is 15.2 Å². The van der Waals surface area contributed by atoms with Crippen LogP contribution in [0.25, 0.3) is 0 Å². The summed E-state index contributed by atoms with van der Waals surface area (Å²) in [5, 5.41) is 3.11. The number of rotatable bonds is 8. The number of piperidine rings is 1. The highest BCUT2D eigenvalue weighted by atomic mass is 16.5. The molecular formula is C24H34N4O3. The molecule has 1 fully saturated rings. The first-order chi connectivity index (χ1) is 14.8. The molecule has 1 amide bonds. The Kier molecular flexibility index (Phi) is 7.74. The minimum absolute atomic E-state index is 0.0973. The zero-order valence-corrected chi connectivity index (χ0v) is 18.9. The van der Waals surface area contributed by atoms with Gasteiger partial charge in [0.2, 0.25) is 0 Å². The Morgan fingerprint density at radius 2 is 1.71 bits per heavy atom. The lowest BCUT2D eigenvalue weighted by Gasteiger charge is -2.32. The standard InChI is InChI=1S/C24H34N4O3/c1-16(2)30-21-11-18(12-22(13-21)31-17(3)4)15-28-9-7-20(8-10-28)27-24(29)19-5-6-23(25)26-14-19/h5-6,11-14,16-17,20H,7-10,15H2,1-4H3,(H2,25,26)(H,27,29). The predicted molar refractivity (Wildman–Crippen MR) is 122 cm³/mol. The first kappa shape index (κ1) is 22.9. The number of pyridine rings is 1. The van der Waals surface area contributed by atoms with Crippen LogP contribution in [0.2, 0.25) is 0 Å². The molecule has 7 nitrogen and oxygen atoms in total. The Balaban J connectivity index is 1.56. The Morgan fingerprint density at radius 1 is 1.10 bits per heavy atom. The summed E-state index contributed by atoms with van der Waals surface area (Å²) in [5.74, 6) is 1.99. The van der Waals surface area contributed by atoms with Crippen molar-refractivity contribution in [2.45, 2.75) is 65.3 Å². The summed E-state index contributed by atoms with van der Waals surface area (Å²) in [6.45, 7) is 10.8. The second-order valence-corrected chi connectivity index (χ2v) is 8.64. The van der Waals surface area contributed by atoms with Gasteiger partial charge in [0.25, 0.3) is 5.91 Å². The minimum Gasteiger partial charge on any atom is -0.491 e. The smallest absolute Gasteiger partial charge is 0.253 e. The van der Waals surface area contributed by atoms with Gasteiger partial charge in [-0.1, -0.05) is 0 Å². The number of nitrogens with one attached hydrogen (secondary N) is 1. The van der Waals surface area contributed by atoms with Gasteiger partial charge in [-0.25, -0.2) is 4.98 Å². The van der Waals surface area contributed by atoms with Crippen molar-refractivity contribution in [3.8, 4) is 11.5 Å². The zero-order valence-electron chi connectivity index (χ0n) is 18.9. The summed E-state index contributed by atoms with van der Waals surface area (Å²) < 4.78 is 11.8. The molecule has 1 aliphatic heterocycles. The van der Waals surface area contributed by atoms with Gasteiger partial charge in [0, 0.05) is 37.9 Å². The van der Waals surface area contributed by atoms with Gasteiger partial charge in [-0.2, -0.15) is 0 Å². The predicted octanol–water partition coefficient (Wildman–Crippen LogP) is 3.63. The molecule has 0 radical (unpaired) electrons. The molecule has 7 heteroatoms. The normalized spacial score (nSPS) is 15.3. The lowest BCUT2D eigenvalue weighted by atomic mass is 10.0. The number of carbonyl (C=O) groups excluding carboxylic acids is 1. The molecule has 1 saturated heterocycles. The van der Waals surface area contributed by atoms with Crippen LogP contribution < -0.4 is 20.5 Å². The lowest BCUT2D eigenvalue weighted by molar-refractivity contribution is 0.0908. The number of likely N-dealkylation sites (tertiary alicyclic amines) is 1. The van der Waals surface area contributed by atoms with E-state index in [2.05, 4.69) is 27.3 Å². The number of ether oxygens (including phenoxy) is 2. The van der Waals surface area contributed by atoms with Crippen LogP contribution in [0.15, 0.2) is 36.5 Å². The molecule has 0 bridgehead atoms. The summed E-state index contributed by atoms with van der Waals surface area (Å²) in [6, 6.07) is 9.65. The van der Waals surface area contributed by atoms with Gasteiger partial charge in [-0.3, -0.25) is 9.69 Å². The van der Waals surface area contributed by atoms with E-state index in [0.29, 0.717) is 11.4 Å². The number of aromatic nitrogens is 1. The average molecular weight is 427 g/mol. The summed E-state index contributed by atoms with van der Waals surface area (Å²) >= 11 is 0. The third-order valence-electron chi connectivity index (χ3n) is 5.06. The van der Waals surface area contributed by atoms with Crippen molar-refractivity contribution in [3.05, 3.63) is 47.7 Å². The summed E-state index contributed by atoms with van der Waals surface area (Å²) in [5.41, 5.74) is 7.30. The van der Waals surface area contributed by atoms with Crippen molar-refractivity contribution < 1.29 is 14.3 Å². The van der Waals surface area contributed by atoms with Crippen LogP contribution >= 0.6 is 0 Å². The van der Waals surface area contributed by atoms with E-state index in [9.17, 15) is 4.79 Å². The van der Waals surface area contributed by atoms with Crippen LogP contribution in [0.5, 0.6) is 11.5 Å². The van der Waals surface area contributed by atoms with Crippen LogP contribution in [-0.4, -0.2) is 47.1 Å². The number of carbonyl (C=O) groups is 1. The molecule has 31 heavy (non-hydrogen) atoms. The van der Waals surface area contributed by atoms with Gasteiger partial charge < -0.3 is 20.5 Å². The van der Waals surface area contributed by atoms with Crippen LogP contribution in [0.1, 0.15) is 56.5 Å². The number of anilines is 1. The molecule has 0 aliphatic carbocycles. The van der Waals surface area contributed by atoms with Crippen molar-refractivity contribution in [2.75, 3.05) is 18.8 Å². The SMILES string of the molecule is CC(C)Oc1cc(CN2CCC(NC(=O)c3ccc(N)nc3)CC2)cc(OC(C)C)c1. The zero-order chi connectivity index (χ0) is 22.4. The molecule has 0 spiro atoms. The minimum atomic E-state index is -0.0973. The fourth-order valence-corrected chi connectivity index (χ4v) is 3.70. The van der Waals surface area contributed by atoms with Crippen molar-refractivity contribution in [1.29, 1.82) is 0 Å². The first-order valence-corrected chi connectivity index (χ1v) is 11.0. The molecule has 168 valence electrons. The van der Waals surface area contributed by atoms with Gasteiger partial charge in [-0.15, -0.1) is 0 Å².